The molecule has 0 radical (unpaired) electrons. The number of carbonyl (C=O) groups is 1. The maximum atomic E-state index is 12.3. The molecule has 1 aliphatic rings. The highest BCUT2D eigenvalue weighted by Gasteiger charge is 2.28. The molecule has 104 valence electrons. The predicted octanol–water partition coefficient (Wildman–Crippen LogP) is -0.236. The summed E-state index contributed by atoms with van der Waals surface area (Å²) in [5.41, 5.74) is 3.76. The van der Waals surface area contributed by atoms with E-state index in [4.69, 9.17) is 5.73 Å². The van der Waals surface area contributed by atoms with Crippen LogP contribution < -0.4 is 17.0 Å². The van der Waals surface area contributed by atoms with E-state index in [2.05, 4.69) is 18.8 Å². The minimum atomic E-state index is -0.731. The topological polar surface area (TPSA) is 112 Å². The highest BCUT2D eigenvalue weighted by Crippen LogP contribution is 2.22. The molecule has 2 heterocycles. The van der Waals surface area contributed by atoms with Gasteiger partial charge in [-0.3, -0.25) is 14.6 Å². The van der Waals surface area contributed by atoms with Gasteiger partial charge in [0.25, 0.3) is 11.5 Å². The Kier molecular flexibility index (Phi) is 3.46. The summed E-state index contributed by atoms with van der Waals surface area (Å²) in [6.07, 6.45) is 1.06. The minimum absolute atomic E-state index is 0.116. The zero-order valence-corrected chi connectivity index (χ0v) is 11.0. The van der Waals surface area contributed by atoms with Crippen LogP contribution in [0.15, 0.2) is 9.59 Å². The average Bonchev–Trinajstić information content (AvgIpc) is 2.31. The number of amides is 1. The quantitative estimate of drug-likeness (QED) is 0.651. The number of likely N-dealkylation sites (tertiary alicyclic amines) is 1. The van der Waals surface area contributed by atoms with Gasteiger partial charge in [-0.25, -0.2) is 4.79 Å². The normalized spacial score (nSPS) is 23.4. The van der Waals surface area contributed by atoms with Crippen LogP contribution in [-0.2, 0) is 0 Å². The van der Waals surface area contributed by atoms with Crippen molar-refractivity contribution in [2.24, 2.45) is 11.8 Å². The summed E-state index contributed by atoms with van der Waals surface area (Å²) in [4.78, 5) is 40.9. The van der Waals surface area contributed by atoms with E-state index in [1.807, 2.05) is 4.98 Å². The van der Waals surface area contributed by atoms with Crippen molar-refractivity contribution >= 4 is 11.6 Å². The van der Waals surface area contributed by atoms with E-state index in [0.717, 1.165) is 6.42 Å². The molecule has 0 saturated carbocycles. The third-order valence-corrected chi connectivity index (χ3v) is 3.35. The lowest BCUT2D eigenvalue weighted by Gasteiger charge is -2.34. The molecule has 2 rings (SSSR count). The minimum Gasteiger partial charge on any atom is -0.392 e. The number of carbonyl (C=O) groups excluding carboxylic acids is 1. The lowest BCUT2D eigenvalue weighted by Crippen LogP contribution is -2.44. The van der Waals surface area contributed by atoms with Crippen LogP contribution in [0.3, 0.4) is 0 Å². The number of piperidine rings is 1. The third-order valence-electron chi connectivity index (χ3n) is 3.35. The maximum Gasteiger partial charge on any atom is 0.326 e. The van der Waals surface area contributed by atoms with Gasteiger partial charge >= 0.3 is 5.69 Å². The second kappa shape index (κ2) is 4.91. The maximum absolute atomic E-state index is 12.3. The van der Waals surface area contributed by atoms with E-state index < -0.39 is 11.2 Å². The molecule has 0 spiro atoms. The molecule has 2 atom stereocenters. The summed E-state index contributed by atoms with van der Waals surface area (Å²) < 4.78 is 0. The number of aromatic amines is 2. The van der Waals surface area contributed by atoms with Crippen molar-refractivity contribution in [3.05, 3.63) is 26.5 Å². The van der Waals surface area contributed by atoms with E-state index in [-0.39, 0.29) is 17.3 Å². The number of H-pyrrole nitrogens is 2. The summed E-state index contributed by atoms with van der Waals surface area (Å²) in [6.45, 7) is 5.36. The van der Waals surface area contributed by atoms with Gasteiger partial charge in [-0.1, -0.05) is 13.8 Å². The molecule has 4 N–H and O–H groups in total. The first-order valence-corrected chi connectivity index (χ1v) is 6.29. The number of nitrogens with zero attached hydrogens (tertiary/aromatic N) is 1. The van der Waals surface area contributed by atoms with Gasteiger partial charge in [0.1, 0.15) is 11.4 Å². The Morgan fingerprint density at radius 2 is 1.79 bits per heavy atom. The molecular formula is C12H18N4O3. The van der Waals surface area contributed by atoms with Crippen molar-refractivity contribution < 1.29 is 4.79 Å². The fraction of sp³-hybridized carbons (Fsp3) is 0.583. The van der Waals surface area contributed by atoms with Crippen LogP contribution >= 0.6 is 0 Å². The lowest BCUT2D eigenvalue weighted by atomic mass is 9.91. The molecule has 7 heteroatoms. The van der Waals surface area contributed by atoms with Crippen LogP contribution in [0.5, 0.6) is 0 Å². The molecule has 1 amide bonds. The molecule has 1 fully saturated rings. The monoisotopic (exact) mass is 266 g/mol. The van der Waals surface area contributed by atoms with Gasteiger partial charge in [-0.05, 0) is 18.3 Å². The first-order valence-electron chi connectivity index (χ1n) is 6.29. The summed E-state index contributed by atoms with van der Waals surface area (Å²) >= 11 is 0. The zero-order valence-electron chi connectivity index (χ0n) is 11.0. The molecule has 1 aliphatic heterocycles. The van der Waals surface area contributed by atoms with E-state index in [1.54, 1.807) is 4.90 Å². The molecule has 0 bridgehead atoms. The summed E-state index contributed by atoms with van der Waals surface area (Å²) in [5.74, 6) is 0.393. The molecule has 0 aromatic carbocycles. The second-order valence-corrected chi connectivity index (χ2v) is 5.35. The van der Waals surface area contributed by atoms with Gasteiger partial charge in [0.15, 0.2) is 0 Å². The van der Waals surface area contributed by atoms with Crippen LogP contribution in [-0.4, -0.2) is 33.9 Å². The number of nitrogens with one attached hydrogen (secondary N) is 2. The number of nitrogen functional groups attached to an aromatic ring is 1. The van der Waals surface area contributed by atoms with Gasteiger partial charge in [-0.2, -0.15) is 0 Å². The van der Waals surface area contributed by atoms with Crippen LogP contribution in [0.25, 0.3) is 0 Å². The number of aromatic nitrogens is 2. The van der Waals surface area contributed by atoms with Crippen molar-refractivity contribution in [3.63, 3.8) is 0 Å². The SMILES string of the molecule is CC1CC(C)CN(C(=O)c2[nH]c(=O)[nH]c(=O)c2N)C1. The van der Waals surface area contributed by atoms with Gasteiger partial charge in [0.2, 0.25) is 0 Å². The molecule has 1 aromatic heterocycles. The number of hydrogen-bond donors (Lipinski definition) is 3. The van der Waals surface area contributed by atoms with Crippen LogP contribution in [0, 0.1) is 11.8 Å². The Morgan fingerprint density at radius 3 is 2.37 bits per heavy atom. The average molecular weight is 266 g/mol. The zero-order chi connectivity index (χ0) is 14.2. The van der Waals surface area contributed by atoms with Crippen LogP contribution in [0.2, 0.25) is 0 Å². The first-order chi connectivity index (χ1) is 8.88. The van der Waals surface area contributed by atoms with Crippen LogP contribution in [0.4, 0.5) is 5.69 Å². The first kappa shape index (κ1) is 13.4. The molecule has 1 saturated heterocycles. The summed E-state index contributed by atoms with van der Waals surface area (Å²) in [5, 5.41) is 0. The molecule has 7 nitrogen and oxygen atoms in total. The smallest absolute Gasteiger partial charge is 0.326 e. The summed E-state index contributed by atoms with van der Waals surface area (Å²) in [7, 11) is 0. The highest BCUT2D eigenvalue weighted by atomic mass is 16.2. The molecule has 2 unspecified atom stereocenters. The Bertz CT molecular complexity index is 594. The van der Waals surface area contributed by atoms with E-state index in [1.165, 1.54) is 0 Å². The molecule has 1 aromatic rings. The third kappa shape index (κ3) is 2.69. The van der Waals surface area contributed by atoms with E-state index >= 15 is 0 Å². The predicted molar refractivity (Wildman–Crippen MR) is 70.9 cm³/mol. The largest absolute Gasteiger partial charge is 0.392 e. The highest BCUT2D eigenvalue weighted by molar-refractivity contribution is 5.96. The lowest BCUT2D eigenvalue weighted by molar-refractivity contribution is 0.0617. The van der Waals surface area contributed by atoms with Gasteiger partial charge in [0, 0.05) is 13.1 Å². The fourth-order valence-electron chi connectivity index (χ4n) is 2.65. The van der Waals surface area contributed by atoms with E-state index in [9.17, 15) is 14.4 Å². The molecular weight excluding hydrogens is 248 g/mol. The van der Waals surface area contributed by atoms with Gasteiger partial charge in [0.05, 0.1) is 0 Å². The second-order valence-electron chi connectivity index (χ2n) is 5.35. The van der Waals surface area contributed by atoms with Gasteiger partial charge < -0.3 is 15.6 Å². The Balaban J connectivity index is 2.34. The molecule has 0 aliphatic carbocycles. The standard InChI is InChI=1S/C12H18N4O3/c1-6-3-7(2)5-16(4-6)11(18)9-8(13)10(17)15-12(19)14-9/h6-7H,3-5,13H2,1-2H3,(H2,14,15,17,19). The van der Waals surface area contributed by atoms with Crippen molar-refractivity contribution in [2.75, 3.05) is 18.8 Å². The van der Waals surface area contributed by atoms with Gasteiger partial charge in [-0.15, -0.1) is 0 Å². The van der Waals surface area contributed by atoms with Crippen molar-refractivity contribution in [1.82, 2.24) is 14.9 Å². The number of anilines is 1. The Morgan fingerprint density at radius 1 is 1.21 bits per heavy atom. The van der Waals surface area contributed by atoms with Crippen molar-refractivity contribution in [2.45, 2.75) is 20.3 Å². The summed E-state index contributed by atoms with van der Waals surface area (Å²) in [6, 6.07) is 0. The number of rotatable bonds is 1. The fourth-order valence-corrected chi connectivity index (χ4v) is 2.65. The van der Waals surface area contributed by atoms with Crippen LogP contribution in [0.1, 0.15) is 30.8 Å². The Labute approximate surface area is 109 Å². The van der Waals surface area contributed by atoms with Crippen molar-refractivity contribution in [3.8, 4) is 0 Å². The number of hydrogen-bond acceptors (Lipinski definition) is 4. The van der Waals surface area contributed by atoms with E-state index in [0.29, 0.717) is 24.9 Å². The molecule has 19 heavy (non-hydrogen) atoms. The Hall–Kier alpha value is -2.05. The van der Waals surface area contributed by atoms with Crippen molar-refractivity contribution in [1.29, 1.82) is 0 Å². The number of nitrogens with two attached hydrogens (primary N) is 1.